The summed E-state index contributed by atoms with van der Waals surface area (Å²) in [6.07, 6.45) is 1.96. The number of hydrogen-bond donors (Lipinski definition) is 1. The van der Waals surface area contributed by atoms with E-state index in [2.05, 4.69) is 49.5 Å². The van der Waals surface area contributed by atoms with Crippen molar-refractivity contribution in [3.8, 4) is 0 Å². The van der Waals surface area contributed by atoms with E-state index in [4.69, 9.17) is 0 Å². The molecule has 106 valence electrons. The van der Waals surface area contributed by atoms with Crippen molar-refractivity contribution in [2.24, 2.45) is 0 Å². The molecule has 0 saturated heterocycles. The van der Waals surface area contributed by atoms with E-state index in [-0.39, 0.29) is 5.91 Å². The second kappa shape index (κ2) is 5.21. The number of rotatable bonds is 2. The topological polar surface area (TPSA) is 29.1 Å². The zero-order valence-corrected chi connectivity index (χ0v) is 12.6. The molecule has 2 aromatic rings. The number of carbonyl (C=O) groups is 1. The standard InChI is InChI=1S/C19H19NO/c1-12(2)15-7-5-14(6-8-15)11-17-16-10-13(3)4-9-18(16)20-19(17)21/h4-12H,1-3H3,(H,20,21). The lowest BCUT2D eigenvalue weighted by atomic mass is 9.99. The van der Waals surface area contributed by atoms with Crippen LogP contribution in [0.15, 0.2) is 42.5 Å². The van der Waals surface area contributed by atoms with Gasteiger partial charge in [0.15, 0.2) is 0 Å². The molecule has 0 bridgehead atoms. The first kappa shape index (κ1) is 13.6. The lowest BCUT2D eigenvalue weighted by Gasteiger charge is -2.05. The summed E-state index contributed by atoms with van der Waals surface area (Å²) in [5, 5.41) is 2.92. The summed E-state index contributed by atoms with van der Waals surface area (Å²) in [7, 11) is 0. The van der Waals surface area contributed by atoms with Gasteiger partial charge in [0.25, 0.3) is 5.91 Å². The number of fused-ring (bicyclic) bond motifs is 1. The average molecular weight is 277 g/mol. The van der Waals surface area contributed by atoms with Crippen LogP contribution in [0.4, 0.5) is 5.69 Å². The fraction of sp³-hybridized carbons (Fsp3) is 0.211. The summed E-state index contributed by atoms with van der Waals surface area (Å²) in [6.45, 7) is 6.39. The maximum atomic E-state index is 12.1. The molecule has 2 aromatic carbocycles. The molecule has 3 rings (SSSR count). The minimum Gasteiger partial charge on any atom is -0.321 e. The number of aryl methyl sites for hydroxylation is 1. The molecule has 0 radical (unpaired) electrons. The summed E-state index contributed by atoms with van der Waals surface area (Å²) in [6, 6.07) is 14.4. The first-order valence-electron chi connectivity index (χ1n) is 7.28. The van der Waals surface area contributed by atoms with Gasteiger partial charge in [-0.15, -0.1) is 0 Å². The van der Waals surface area contributed by atoms with Crippen molar-refractivity contribution >= 4 is 23.2 Å². The van der Waals surface area contributed by atoms with E-state index >= 15 is 0 Å². The highest BCUT2D eigenvalue weighted by molar-refractivity contribution is 6.34. The normalized spacial score (nSPS) is 15.4. The molecule has 21 heavy (non-hydrogen) atoms. The molecule has 0 aromatic heterocycles. The third-order valence-electron chi connectivity index (χ3n) is 3.87. The van der Waals surface area contributed by atoms with Crippen molar-refractivity contribution in [3.63, 3.8) is 0 Å². The van der Waals surface area contributed by atoms with Crippen LogP contribution < -0.4 is 5.32 Å². The summed E-state index contributed by atoms with van der Waals surface area (Å²) in [5.74, 6) is 0.494. The average Bonchev–Trinajstić information content (AvgIpc) is 2.76. The predicted molar refractivity (Wildman–Crippen MR) is 88.2 cm³/mol. The molecule has 2 heteroatoms. The van der Waals surface area contributed by atoms with Gasteiger partial charge in [-0.1, -0.05) is 49.7 Å². The van der Waals surface area contributed by atoms with Gasteiger partial charge in [0.2, 0.25) is 0 Å². The summed E-state index contributed by atoms with van der Waals surface area (Å²) in [4.78, 5) is 12.1. The molecule has 0 unspecified atom stereocenters. The molecule has 1 aliphatic rings. The van der Waals surface area contributed by atoms with Gasteiger partial charge in [-0.05, 0) is 42.2 Å². The molecular formula is C19H19NO. The van der Waals surface area contributed by atoms with Crippen molar-refractivity contribution in [2.45, 2.75) is 26.7 Å². The number of benzene rings is 2. The van der Waals surface area contributed by atoms with E-state index in [1.54, 1.807) is 0 Å². The second-order valence-electron chi connectivity index (χ2n) is 5.88. The smallest absolute Gasteiger partial charge is 0.256 e. The lowest BCUT2D eigenvalue weighted by molar-refractivity contribution is -0.110. The van der Waals surface area contributed by atoms with Crippen LogP contribution in [0.1, 0.15) is 42.0 Å². The Morgan fingerprint density at radius 3 is 2.43 bits per heavy atom. The first-order chi connectivity index (χ1) is 10.0. The van der Waals surface area contributed by atoms with Crippen LogP contribution in [0.25, 0.3) is 11.6 Å². The van der Waals surface area contributed by atoms with Crippen molar-refractivity contribution in [2.75, 3.05) is 5.32 Å². The van der Waals surface area contributed by atoms with Gasteiger partial charge >= 0.3 is 0 Å². The highest BCUT2D eigenvalue weighted by Gasteiger charge is 2.23. The van der Waals surface area contributed by atoms with Gasteiger partial charge in [0.1, 0.15) is 0 Å². The van der Waals surface area contributed by atoms with Crippen molar-refractivity contribution in [1.29, 1.82) is 0 Å². The van der Waals surface area contributed by atoms with Crippen LogP contribution >= 0.6 is 0 Å². The quantitative estimate of drug-likeness (QED) is 0.798. The van der Waals surface area contributed by atoms with Crippen LogP contribution in [0.2, 0.25) is 0 Å². The van der Waals surface area contributed by atoms with E-state index in [1.165, 1.54) is 5.56 Å². The maximum absolute atomic E-state index is 12.1. The van der Waals surface area contributed by atoms with Gasteiger partial charge in [-0.3, -0.25) is 4.79 Å². The fourth-order valence-electron chi connectivity index (χ4n) is 2.59. The van der Waals surface area contributed by atoms with Crippen LogP contribution in [-0.4, -0.2) is 5.91 Å². The molecule has 0 saturated carbocycles. The summed E-state index contributed by atoms with van der Waals surface area (Å²) < 4.78 is 0. The third-order valence-corrected chi connectivity index (χ3v) is 3.87. The Kier molecular flexibility index (Phi) is 3.38. The molecule has 1 heterocycles. The van der Waals surface area contributed by atoms with Crippen LogP contribution in [0, 0.1) is 6.92 Å². The Hall–Kier alpha value is -2.35. The van der Waals surface area contributed by atoms with Crippen LogP contribution in [-0.2, 0) is 4.79 Å². The second-order valence-corrected chi connectivity index (χ2v) is 5.88. The Bertz CT molecular complexity index is 724. The van der Waals surface area contributed by atoms with E-state index in [0.29, 0.717) is 5.92 Å². The molecule has 0 fully saturated rings. The van der Waals surface area contributed by atoms with E-state index in [0.717, 1.165) is 28.0 Å². The SMILES string of the molecule is Cc1ccc2c(c1)C(=Cc1ccc(C(C)C)cc1)C(=O)N2. The summed E-state index contributed by atoms with van der Waals surface area (Å²) >= 11 is 0. The maximum Gasteiger partial charge on any atom is 0.256 e. The molecule has 2 nitrogen and oxygen atoms in total. The number of nitrogens with one attached hydrogen (secondary N) is 1. The highest BCUT2D eigenvalue weighted by Crippen LogP contribution is 2.33. The van der Waals surface area contributed by atoms with Crippen molar-refractivity contribution in [3.05, 3.63) is 64.7 Å². The molecule has 1 amide bonds. The number of carbonyl (C=O) groups excluding carboxylic acids is 1. The van der Waals surface area contributed by atoms with Crippen molar-refractivity contribution < 1.29 is 4.79 Å². The van der Waals surface area contributed by atoms with Gasteiger partial charge in [0.05, 0.1) is 0 Å². The molecule has 0 atom stereocenters. The number of amides is 1. The zero-order chi connectivity index (χ0) is 15.0. The number of hydrogen-bond acceptors (Lipinski definition) is 1. The largest absolute Gasteiger partial charge is 0.321 e. The Labute approximate surface area is 125 Å². The Morgan fingerprint density at radius 1 is 1.05 bits per heavy atom. The molecule has 1 N–H and O–H groups in total. The monoisotopic (exact) mass is 277 g/mol. The van der Waals surface area contributed by atoms with E-state index in [9.17, 15) is 4.79 Å². The van der Waals surface area contributed by atoms with Gasteiger partial charge in [-0.2, -0.15) is 0 Å². The van der Waals surface area contributed by atoms with Crippen LogP contribution in [0.5, 0.6) is 0 Å². The van der Waals surface area contributed by atoms with E-state index in [1.807, 2.05) is 25.1 Å². The zero-order valence-electron chi connectivity index (χ0n) is 12.6. The predicted octanol–water partition coefficient (Wildman–Crippen LogP) is 4.61. The molecular weight excluding hydrogens is 258 g/mol. The highest BCUT2D eigenvalue weighted by atomic mass is 16.2. The van der Waals surface area contributed by atoms with Crippen LogP contribution in [0.3, 0.4) is 0 Å². The molecule has 1 aliphatic heterocycles. The third kappa shape index (κ3) is 2.62. The minimum atomic E-state index is -0.0245. The first-order valence-corrected chi connectivity index (χ1v) is 7.28. The van der Waals surface area contributed by atoms with Crippen molar-refractivity contribution in [1.82, 2.24) is 0 Å². The van der Waals surface area contributed by atoms with Gasteiger partial charge in [0, 0.05) is 16.8 Å². The van der Waals surface area contributed by atoms with E-state index < -0.39 is 0 Å². The Balaban J connectivity index is 2.00. The molecule has 0 spiro atoms. The fourth-order valence-corrected chi connectivity index (χ4v) is 2.59. The summed E-state index contributed by atoms with van der Waals surface area (Å²) in [5.41, 5.74) is 6.16. The molecule has 0 aliphatic carbocycles. The van der Waals surface area contributed by atoms with Gasteiger partial charge < -0.3 is 5.32 Å². The lowest BCUT2D eigenvalue weighted by Crippen LogP contribution is -2.03. The minimum absolute atomic E-state index is 0.0245. The number of anilines is 1. The van der Waals surface area contributed by atoms with Gasteiger partial charge in [-0.25, -0.2) is 0 Å². The Morgan fingerprint density at radius 2 is 1.76 bits per heavy atom.